The molecule has 122 valence electrons. The van der Waals surface area contributed by atoms with Crippen LogP contribution in [0.3, 0.4) is 0 Å². The minimum atomic E-state index is 0. The van der Waals surface area contributed by atoms with Gasteiger partial charge in [-0.15, -0.1) is 12.4 Å². The zero-order valence-electron chi connectivity index (χ0n) is 12.6. The number of hydrogen-bond acceptors (Lipinski definition) is 4. The number of amides is 2. The summed E-state index contributed by atoms with van der Waals surface area (Å²) in [6, 6.07) is 0.131. The molecule has 0 bridgehead atoms. The van der Waals surface area contributed by atoms with Crippen LogP contribution in [0.1, 0.15) is 26.2 Å². The van der Waals surface area contributed by atoms with Crippen LogP contribution in [0.25, 0.3) is 0 Å². The Morgan fingerprint density at radius 1 is 1.14 bits per heavy atom. The maximum Gasteiger partial charge on any atom is 0.248 e. The molecule has 1 unspecified atom stereocenters. The standard InChI is InChI=1S/C14H25N3O3.ClH/c1-2-20-10-13(18)16-6-3-11(4-7-16)14(19)17-8-5-12(15)9-17;/h11-12H,2-10,15H2,1H3;1H. The van der Waals surface area contributed by atoms with Crippen LogP contribution in [0.15, 0.2) is 0 Å². The molecule has 0 aliphatic carbocycles. The molecule has 7 heteroatoms. The van der Waals surface area contributed by atoms with Crippen molar-refractivity contribution in [1.82, 2.24) is 9.80 Å². The van der Waals surface area contributed by atoms with Crippen molar-refractivity contribution in [2.24, 2.45) is 11.7 Å². The third-order valence-electron chi connectivity index (χ3n) is 4.16. The number of piperidine rings is 1. The Labute approximate surface area is 132 Å². The number of ether oxygens (including phenoxy) is 1. The molecule has 1 atom stereocenters. The summed E-state index contributed by atoms with van der Waals surface area (Å²) < 4.78 is 5.14. The van der Waals surface area contributed by atoms with Crippen molar-refractivity contribution in [3.8, 4) is 0 Å². The van der Waals surface area contributed by atoms with E-state index < -0.39 is 0 Å². The van der Waals surface area contributed by atoms with Gasteiger partial charge in [0.05, 0.1) is 0 Å². The quantitative estimate of drug-likeness (QED) is 0.805. The van der Waals surface area contributed by atoms with E-state index in [1.54, 1.807) is 4.90 Å². The number of carbonyl (C=O) groups is 2. The molecule has 2 fully saturated rings. The second-order valence-corrected chi connectivity index (χ2v) is 5.63. The monoisotopic (exact) mass is 319 g/mol. The first-order valence-electron chi connectivity index (χ1n) is 7.51. The van der Waals surface area contributed by atoms with Gasteiger partial charge in [-0.2, -0.15) is 0 Å². The van der Waals surface area contributed by atoms with Crippen molar-refractivity contribution in [2.45, 2.75) is 32.2 Å². The molecular weight excluding hydrogens is 294 g/mol. The van der Waals surface area contributed by atoms with Gasteiger partial charge in [-0.25, -0.2) is 0 Å². The van der Waals surface area contributed by atoms with E-state index in [2.05, 4.69) is 0 Å². The summed E-state index contributed by atoms with van der Waals surface area (Å²) in [4.78, 5) is 27.8. The fourth-order valence-corrected chi connectivity index (χ4v) is 2.90. The summed E-state index contributed by atoms with van der Waals surface area (Å²) in [6.07, 6.45) is 2.41. The lowest BCUT2D eigenvalue weighted by molar-refractivity contribution is -0.142. The highest BCUT2D eigenvalue weighted by molar-refractivity contribution is 5.85. The van der Waals surface area contributed by atoms with Gasteiger partial charge in [0.1, 0.15) is 6.61 Å². The highest BCUT2D eigenvalue weighted by Gasteiger charge is 2.32. The lowest BCUT2D eigenvalue weighted by atomic mass is 9.95. The normalized spacial score (nSPS) is 23.0. The molecule has 2 saturated heterocycles. The lowest BCUT2D eigenvalue weighted by Crippen LogP contribution is -2.45. The fraction of sp³-hybridized carbons (Fsp3) is 0.857. The van der Waals surface area contributed by atoms with Crippen molar-refractivity contribution in [2.75, 3.05) is 39.4 Å². The predicted octanol–water partition coefficient (Wildman–Crippen LogP) is 0.243. The summed E-state index contributed by atoms with van der Waals surface area (Å²) in [5, 5.41) is 0. The van der Waals surface area contributed by atoms with E-state index in [-0.39, 0.29) is 42.8 Å². The molecular formula is C14H26ClN3O3. The van der Waals surface area contributed by atoms with E-state index in [1.807, 2.05) is 11.8 Å². The first-order chi connectivity index (χ1) is 9.61. The topological polar surface area (TPSA) is 75.9 Å². The number of nitrogens with zero attached hydrogens (tertiary/aromatic N) is 2. The Hall–Kier alpha value is -0.850. The molecule has 2 amide bonds. The van der Waals surface area contributed by atoms with E-state index in [0.717, 1.165) is 25.8 Å². The molecule has 2 N–H and O–H groups in total. The van der Waals surface area contributed by atoms with Crippen LogP contribution < -0.4 is 5.73 Å². The van der Waals surface area contributed by atoms with Crippen molar-refractivity contribution in [3.05, 3.63) is 0 Å². The minimum absolute atomic E-state index is 0. The van der Waals surface area contributed by atoms with Gasteiger partial charge in [-0.05, 0) is 26.2 Å². The lowest BCUT2D eigenvalue weighted by Gasteiger charge is -2.33. The second-order valence-electron chi connectivity index (χ2n) is 5.63. The number of likely N-dealkylation sites (tertiary alicyclic amines) is 2. The summed E-state index contributed by atoms with van der Waals surface area (Å²) in [5.74, 6) is 0.298. The van der Waals surface area contributed by atoms with Crippen LogP contribution in [0.5, 0.6) is 0 Å². The fourth-order valence-electron chi connectivity index (χ4n) is 2.90. The maximum absolute atomic E-state index is 12.3. The van der Waals surface area contributed by atoms with Crippen molar-refractivity contribution < 1.29 is 14.3 Å². The van der Waals surface area contributed by atoms with E-state index >= 15 is 0 Å². The summed E-state index contributed by atoms with van der Waals surface area (Å²) in [5.41, 5.74) is 5.84. The summed E-state index contributed by atoms with van der Waals surface area (Å²) in [7, 11) is 0. The van der Waals surface area contributed by atoms with E-state index in [9.17, 15) is 9.59 Å². The Morgan fingerprint density at radius 3 is 2.29 bits per heavy atom. The average molecular weight is 320 g/mol. The molecule has 0 aromatic carbocycles. The minimum Gasteiger partial charge on any atom is -0.372 e. The van der Waals surface area contributed by atoms with Gasteiger partial charge >= 0.3 is 0 Å². The van der Waals surface area contributed by atoms with Crippen LogP contribution in [-0.2, 0) is 14.3 Å². The molecule has 2 rings (SSSR count). The molecule has 0 aromatic rings. The molecule has 2 aliphatic heterocycles. The van der Waals surface area contributed by atoms with Gasteiger partial charge in [0.2, 0.25) is 11.8 Å². The molecule has 0 aromatic heterocycles. The Kier molecular flexibility index (Phi) is 7.42. The van der Waals surface area contributed by atoms with Gasteiger partial charge in [0, 0.05) is 44.7 Å². The number of halogens is 1. The van der Waals surface area contributed by atoms with E-state index in [4.69, 9.17) is 10.5 Å². The zero-order chi connectivity index (χ0) is 14.5. The first-order valence-corrected chi connectivity index (χ1v) is 7.51. The van der Waals surface area contributed by atoms with Gasteiger partial charge < -0.3 is 20.3 Å². The number of hydrogen-bond donors (Lipinski definition) is 1. The van der Waals surface area contributed by atoms with Crippen LogP contribution in [0.2, 0.25) is 0 Å². The van der Waals surface area contributed by atoms with E-state index in [1.165, 1.54) is 0 Å². The Morgan fingerprint density at radius 2 is 1.76 bits per heavy atom. The van der Waals surface area contributed by atoms with Gasteiger partial charge in [-0.3, -0.25) is 9.59 Å². The van der Waals surface area contributed by atoms with Gasteiger partial charge in [0.25, 0.3) is 0 Å². The van der Waals surface area contributed by atoms with Gasteiger partial charge in [0.15, 0.2) is 0 Å². The molecule has 6 nitrogen and oxygen atoms in total. The average Bonchev–Trinajstić information content (AvgIpc) is 2.90. The van der Waals surface area contributed by atoms with Gasteiger partial charge in [-0.1, -0.05) is 0 Å². The SMILES string of the molecule is CCOCC(=O)N1CCC(C(=O)N2CCC(N)C2)CC1.Cl. The van der Waals surface area contributed by atoms with Crippen molar-refractivity contribution >= 4 is 24.2 Å². The highest BCUT2D eigenvalue weighted by Crippen LogP contribution is 2.21. The molecule has 2 aliphatic rings. The molecule has 0 radical (unpaired) electrons. The van der Waals surface area contributed by atoms with Crippen LogP contribution in [-0.4, -0.2) is 67.0 Å². The molecule has 0 spiro atoms. The number of rotatable bonds is 4. The van der Waals surface area contributed by atoms with Crippen LogP contribution >= 0.6 is 12.4 Å². The Bertz CT molecular complexity index is 359. The third kappa shape index (κ3) is 4.83. The first kappa shape index (κ1) is 18.2. The summed E-state index contributed by atoms with van der Waals surface area (Å²) >= 11 is 0. The van der Waals surface area contributed by atoms with E-state index in [0.29, 0.717) is 26.2 Å². The molecule has 2 heterocycles. The molecule has 0 saturated carbocycles. The predicted molar refractivity (Wildman–Crippen MR) is 82.2 cm³/mol. The summed E-state index contributed by atoms with van der Waals surface area (Å²) in [6.45, 7) is 5.35. The maximum atomic E-state index is 12.3. The van der Waals surface area contributed by atoms with Crippen LogP contribution in [0, 0.1) is 5.92 Å². The zero-order valence-corrected chi connectivity index (χ0v) is 13.4. The molecule has 21 heavy (non-hydrogen) atoms. The van der Waals surface area contributed by atoms with Crippen LogP contribution in [0.4, 0.5) is 0 Å². The largest absolute Gasteiger partial charge is 0.372 e. The second kappa shape index (κ2) is 8.56. The number of carbonyl (C=O) groups excluding carboxylic acids is 2. The smallest absolute Gasteiger partial charge is 0.248 e. The van der Waals surface area contributed by atoms with Crippen molar-refractivity contribution in [1.29, 1.82) is 0 Å². The Balaban J connectivity index is 0.00000220. The number of nitrogens with two attached hydrogens (primary N) is 1. The van der Waals surface area contributed by atoms with Crippen molar-refractivity contribution in [3.63, 3.8) is 0 Å². The highest BCUT2D eigenvalue weighted by atomic mass is 35.5. The third-order valence-corrected chi connectivity index (χ3v) is 4.16.